The van der Waals surface area contributed by atoms with Gasteiger partial charge in [-0.15, -0.1) is 6.42 Å². The van der Waals surface area contributed by atoms with Gasteiger partial charge < -0.3 is 15.5 Å². The quantitative estimate of drug-likeness (QED) is 0.458. The second-order valence-electron chi connectivity index (χ2n) is 6.20. The number of hydrogen-bond donors (Lipinski definition) is 2. The van der Waals surface area contributed by atoms with Gasteiger partial charge in [0.15, 0.2) is 11.5 Å². The first-order chi connectivity index (χ1) is 13.2. The number of nitrogens with zero attached hydrogens (tertiary/aromatic N) is 4. The number of imidazole rings is 1. The summed E-state index contributed by atoms with van der Waals surface area (Å²) in [4.78, 5) is 19.5. The van der Waals surface area contributed by atoms with E-state index >= 15 is 0 Å². The number of rotatable bonds is 4. The molecule has 1 fully saturated rings. The predicted molar refractivity (Wildman–Crippen MR) is 105 cm³/mol. The van der Waals surface area contributed by atoms with Crippen LogP contribution >= 0.6 is 0 Å². The molecule has 2 heterocycles. The molecule has 1 amide bonds. The smallest absolute Gasteiger partial charge is 0.327 e. The van der Waals surface area contributed by atoms with E-state index in [1.807, 2.05) is 6.08 Å². The summed E-state index contributed by atoms with van der Waals surface area (Å²) >= 11 is 0. The topological polar surface area (TPSA) is 83.8 Å². The van der Waals surface area contributed by atoms with E-state index in [9.17, 15) is 4.79 Å². The van der Waals surface area contributed by atoms with E-state index < -0.39 is 0 Å². The summed E-state index contributed by atoms with van der Waals surface area (Å²) in [7, 11) is 3.23. The van der Waals surface area contributed by atoms with E-state index in [-0.39, 0.29) is 11.7 Å². The van der Waals surface area contributed by atoms with Gasteiger partial charge in [0.2, 0.25) is 0 Å². The summed E-state index contributed by atoms with van der Waals surface area (Å²) in [6.45, 7) is 4.07. The Morgan fingerprint density at radius 2 is 2.19 bits per heavy atom. The van der Waals surface area contributed by atoms with E-state index in [0.717, 1.165) is 49.8 Å². The lowest BCUT2D eigenvalue weighted by Crippen LogP contribution is -2.37. The van der Waals surface area contributed by atoms with Gasteiger partial charge in [0.05, 0.1) is 24.6 Å². The average Bonchev–Trinajstić information content (AvgIpc) is 2.92. The van der Waals surface area contributed by atoms with E-state index in [4.69, 9.17) is 11.2 Å². The second-order valence-corrected chi connectivity index (χ2v) is 6.20. The standard InChI is InChI=1S/C19H24N6O2/c1-4-15(23-21-3)18-22-16-7-5-6-14(13-24-8-10-27-11-9-24)12-17(16)25(18)19(26)20-2/h1,5-6,12,21H,7-11,13H2,2-3H3,(H,20,26)/b23-15+. The number of terminal acetylenes is 1. The monoisotopic (exact) mass is 368 g/mol. The minimum absolute atomic E-state index is 0.279. The van der Waals surface area contributed by atoms with Gasteiger partial charge in [-0.1, -0.05) is 12.2 Å². The normalized spacial score (nSPS) is 17.5. The van der Waals surface area contributed by atoms with E-state index in [1.54, 1.807) is 14.1 Å². The molecule has 8 heteroatoms. The Balaban J connectivity index is 2.03. The number of fused-ring (bicyclic) bond motifs is 1. The maximum Gasteiger partial charge on any atom is 0.327 e. The highest BCUT2D eigenvalue weighted by molar-refractivity contribution is 6.12. The van der Waals surface area contributed by atoms with Crippen LogP contribution in [0.3, 0.4) is 0 Å². The molecule has 27 heavy (non-hydrogen) atoms. The van der Waals surface area contributed by atoms with Gasteiger partial charge in [-0.05, 0) is 17.6 Å². The molecule has 0 atom stereocenters. The van der Waals surface area contributed by atoms with E-state index in [2.05, 4.69) is 43.8 Å². The van der Waals surface area contributed by atoms with Crippen molar-refractivity contribution in [1.82, 2.24) is 25.2 Å². The molecule has 2 aliphatic rings. The summed E-state index contributed by atoms with van der Waals surface area (Å²) in [6, 6.07) is -0.304. The highest BCUT2D eigenvalue weighted by atomic mass is 16.5. The molecule has 2 N–H and O–H groups in total. The molecule has 0 bridgehead atoms. The lowest BCUT2D eigenvalue weighted by molar-refractivity contribution is 0.0427. The second kappa shape index (κ2) is 8.66. The van der Waals surface area contributed by atoms with Crippen LogP contribution in [0.2, 0.25) is 0 Å². The number of carbonyl (C=O) groups is 1. The van der Waals surface area contributed by atoms with Crippen LogP contribution in [0.1, 0.15) is 17.2 Å². The van der Waals surface area contributed by atoms with Gasteiger partial charge in [-0.2, -0.15) is 5.10 Å². The van der Waals surface area contributed by atoms with E-state index in [0.29, 0.717) is 12.2 Å². The number of allylic oxidation sites excluding steroid dienone is 1. The number of hydrogen-bond acceptors (Lipinski definition) is 6. The molecule has 1 saturated heterocycles. The highest BCUT2D eigenvalue weighted by Gasteiger charge is 2.24. The zero-order valence-corrected chi connectivity index (χ0v) is 15.7. The van der Waals surface area contributed by atoms with Gasteiger partial charge in [-0.25, -0.2) is 14.3 Å². The van der Waals surface area contributed by atoms with Gasteiger partial charge in [0.1, 0.15) is 0 Å². The minimum atomic E-state index is -0.304. The maximum absolute atomic E-state index is 12.6. The zero-order chi connectivity index (χ0) is 19.2. The van der Waals surface area contributed by atoms with Gasteiger partial charge in [-0.3, -0.25) is 4.90 Å². The van der Waals surface area contributed by atoms with Crippen LogP contribution in [0.4, 0.5) is 4.79 Å². The van der Waals surface area contributed by atoms with Crippen molar-refractivity contribution in [2.45, 2.75) is 6.42 Å². The van der Waals surface area contributed by atoms with Crippen LogP contribution in [0.15, 0.2) is 22.8 Å². The molecule has 0 radical (unpaired) electrons. The molecular formula is C19H24N6O2. The summed E-state index contributed by atoms with van der Waals surface area (Å²) in [5.74, 6) is 2.86. The van der Waals surface area contributed by atoms with Crippen LogP contribution in [-0.4, -0.2) is 73.1 Å². The number of hydrazone groups is 1. The lowest BCUT2D eigenvalue weighted by Gasteiger charge is -2.26. The molecule has 0 saturated carbocycles. The Bertz CT molecular complexity index is 837. The number of carbonyl (C=O) groups excluding carboxylic acids is 1. The van der Waals surface area contributed by atoms with Crippen LogP contribution in [-0.2, 0) is 11.2 Å². The number of morpholine rings is 1. The van der Waals surface area contributed by atoms with Crippen molar-refractivity contribution in [3.63, 3.8) is 0 Å². The fourth-order valence-electron chi connectivity index (χ4n) is 3.17. The molecule has 142 valence electrons. The average molecular weight is 368 g/mol. The van der Waals surface area contributed by atoms with E-state index in [1.165, 1.54) is 4.57 Å². The molecule has 1 aromatic rings. The molecule has 1 aliphatic heterocycles. The van der Waals surface area contributed by atoms with Gasteiger partial charge in [0, 0.05) is 40.2 Å². The molecule has 0 aromatic carbocycles. The Hall–Kier alpha value is -2.89. The Morgan fingerprint density at radius 1 is 1.41 bits per heavy atom. The van der Waals surface area contributed by atoms with Crippen LogP contribution < -0.4 is 10.7 Å². The third-order valence-electron chi connectivity index (χ3n) is 4.45. The fraction of sp³-hybridized carbons (Fsp3) is 0.421. The molecule has 1 aromatic heterocycles. The molecule has 1 aliphatic carbocycles. The number of aromatic nitrogens is 2. The van der Waals surface area contributed by atoms with Crippen molar-refractivity contribution >= 4 is 17.8 Å². The van der Waals surface area contributed by atoms with Crippen molar-refractivity contribution in [3.8, 4) is 12.3 Å². The van der Waals surface area contributed by atoms with Crippen molar-refractivity contribution in [1.29, 1.82) is 0 Å². The third-order valence-corrected chi connectivity index (χ3v) is 4.45. The number of amides is 1. The van der Waals surface area contributed by atoms with Crippen LogP contribution in [0.25, 0.3) is 6.08 Å². The van der Waals surface area contributed by atoms with Crippen molar-refractivity contribution in [2.24, 2.45) is 5.10 Å². The Morgan fingerprint density at radius 3 is 2.85 bits per heavy atom. The number of ether oxygens (including phenoxy) is 1. The highest BCUT2D eigenvalue weighted by Crippen LogP contribution is 2.22. The summed E-state index contributed by atoms with van der Waals surface area (Å²) < 4.78 is 6.91. The summed E-state index contributed by atoms with van der Waals surface area (Å²) in [6.07, 6.45) is 12.4. The lowest BCUT2D eigenvalue weighted by atomic mass is 10.2. The maximum atomic E-state index is 12.6. The molecule has 8 nitrogen and oxygen atoms in total. The van der Waals surface area contributed by atoms with Gasteiger partial charge in [0.25, 0.3) is 0 Å². The Labute approximate surface area is 159 Å². The molecule has 0 unspecified atom stereocenters. The van der Waals surface area contributed by atoms with Crippen LogP contribution in [0, 0.1) is 12.3 Å². The third kappa shape index (κ3) is 4.10. The molecular weight excluding hydrogens is 344 g/mol. The largest absolute Gasteiger partial charge is 0.379 e. The number of nitrogens with one attached hydrogen (secondary N) is 2. The van der Waals surface area contributed by atoms with Crippen molar-refractivity contribution in [3.05, 3.63) is 34.9 Å². The van der Waals surface area contributed by atoms with Crippen LogP contribution in [0.5, 0.6) is 0 Å². The van der Waals surface area contributed by atoms with Gasteiger partial charge >= 0.3 is 6.03 Å². The Kier molecular flexibility index (Phi) is 6.06. The fourth-order valence-corrected chi connectivity index (χ4v) is 3.17. The summed E-state index contributed by atoms with van der Waals surface area (Å²) in [5.41, 5.74) is 5.59. The summed E-state index contributed by atoms with van der Waals surface area (Å²) in [5, 5.41) is 6.74. The predicted octanol–water partition coefficient (Wildman–Crippen LogP) is 0.455. The van der Waals surface area contributed by atoms with Crippen molar-refractivity contribution in [2.75, 3.05) is 46.9 Å². The van der Waals surface area contributed by atoms with Crippen molar-refractivity contribution < 1.29 is 9.53 Å². The first-order valence-corrected chi connectivity index (χ1v) is 8.90. The molecule has 0 spiro atoms. The first-order valence-electron chi connectivity index (χ1n) is 8.90. The zero-order valence-electron chi connectivity index (χ0n) is 15.7. The molecule has 3 rings (SSSR count). The first kappa shape index (κ1) is 18.9. The minimum Gasteiger partial charge on any atom is -0.379 e. The SMILES string of the molecule is C#C/C(=N\NC)c1nc2c(n1C(=O)NC)C=C(CN1CCOCC1)C=CC2.